The van der Waals surface area contributed by atoms with E-state index >= 15 is 0 Å². The van der Waals surface area contributed by atoms with Gasteiger partial charge in [0, 0.05) is 32.2 Å². The van der Waals surface area contributed by atoms with Crippen LogP contribution in [0.2, 0.25) is 0 Å². The van der Waals surface area contributed by atoms with E-state index in [0.717, 1.165) is 31.7 Å². The van der Waals surface area contributed by atoms with Crippen LogP contribution in [-0.4, -0.2) is 37.8 Å². The van der Waals surface area contributed by atoms with Crippen LogP contribution in [0.4, 0.5) is 8.78 Å². The van der Waals surface area contributed by atoms with E-state index in [1.54, 1.807) is 12.1 Å². The van der Waals surface area contributed by atoms with E-state index in [-0.39, 0.29) is 18.5 Å². The highest BCUT2D eigenvalue weighted by molar-refractivity contribution is 9.10. The first-order valence-corrected chi connectivity index (χ1v) is 6.97. The molecule has 0 aliphatic carbocycles. The average Bonchev–Trinajstić information content (AvgIpc) is 2.40. The fourth-order valence-electron chi connectivity index (χ4n) is 2.38. The van der Waals surface area contributed by atoms with Crippen LogP contribution >= 0.6 is 15.9 Å². The minimum absolute atomic E-state index is 0.0361. The molecular formula is C13H17BrF2N2. The van der Waals surface area contributed by atoms with Crippen molar-refractivity contribution in [3.05, 3.63) is 34.1 Å². The molecule has 18 heavy (non-hydrogen) atoms. The van der Waals surface area contributed by atoms with Gasteiger partial charge in [-0.3, -0.25) is 9.29 Å². The van der Waals surface area contributed by atoms with Crippen molar-refractivity contribution >= 4 is 15.9 Å². The lowest BCUT2D eigenvalue weighted by Gasteiger charge is -2.35. The quantitative estimate of drug-likeness (QED) is 0.918. The van der Waals surface area contributed by atoms with E-state index in [2.05, 4.69) is 26.1 Å². The topological polar surface area (TPSA) is 15.3 Å². The summed E-state index contributed by atoms with van der Waals surface area (Å²) in [5.74, 6) is -0.280. The number of nitrogens with zero attached hydrogens (tertiary/aromatic N) is 1. The Morgan fingerprint density at radius 1 is 1.33 bits per heavy atom. The molecule has 1 N–H and O–H groups in total. The van der Waals surface area contributed by atoms with Gasteiger partial charge in [-0.25, -0.2) is 4.39 Å². The number of hydrogen-bond donors (Lipinski definition) is 1. The third-order valence-electron chi connectivity index (χ3n) is 3.30. The first-order chi connectivity index (χ1) is 8.72. The summed E-state index contributed by atoms with van der Waals surface area (Å²) in [6, 6.07) is 4.99. The van der Waals surface area contributed by atoms with E-state index in [1.165, 1.54) is 6.07 Å². The molecule has 1 heterocycles. The maximum Gasteiger partial charge on any atom is 0.137 e. The summed E-state index contributed by atoms with van der Waals surface area (Å²) in [6.45, 7) is 3.29. The lowest BCUT2D eigenvalue weighted by Crippen LogP contribution is -2.45. The number of hydrogen-bond acceptors (Lipinski definition) is 2. The van der Waals surface area contributed by atoms with Gasteiger partial charge in [0.25, 0.3) is 0 Å². The average molecular weight is 319 g/mol. The van der Waals surface area contributed by atoms with Gasteiger partial charge in [0.15, 0.2) is 0 Å². The summed E-state index contributed by atoms with van der Waals surface area (Å²) in [7, 11) is 0. The lowest BCUT2D eigenvalue weighted by atomic mass is 10.0. The van der Waals surface area contributed by atoms with Crippen LogP contribution in [0.15, 0.2) is 22.7 Å². The number of nitrogens with one attached hydrogen (secondary N) is 1. The summed E-state index contributed by atoms with van der Waals surface area (Å²) < 4.78 is 26.4. The van der Waals surface area contributed by atoms with Gasteiger partial charge in [0.2, 0.25) is 0 Å². The first-order valence-electron chi connectivity index (χ1n) is 6.18. The molecule has 2 rings (SSSR count). The van der Waals surface area contributed by atoms with Crippen molar-refractivity contribution in [1.29, 1.82) is 0 Å². The number of halogens is 3. The van der Waals surface area contributed by atoms with E-state index in [9.17, 15) is 8.78 Å². The molecule has 1 aliphatic heterocycles. The SMILES string of the molecule is FCC[C@@H](c1ccc(F)c(Br)c1)N1CCNCC1. The van der Waals surface area contributed by atoms with Crippen molar-refractivity contribution < 1.29 is 8.78 Å². The molecule has 1 saturated heterocycles. The Labute approximate surface area is 114 Å². The molecule has 100 valence electrons. The summed E-state index contributed by atoms with van der Waals surface area (Å²) in [4.78, 5) is 2.26. The Morgan fingerprint density at radius 3 is 2.67 bits per heavy atom. The van der Waals surface area contributed by atoms with Gasteiger partial charge in [-0.05, 0) is 40.0 Å². The molecule has 2 nitrogen and oxygen atoms in total. The zero-order valence-corrected chi connectivity index (χ0v) is 11.7. The number of alkyl halides is 1. The van der Waals surface area contributed by atoms with Crippen LogP contribution in [0.3, 0.4) is 0 Å². The summed E-state index contributed by atoms with van der Waals surface area (Å²) >= 11 is 3.19. The second kappa shape index (κ2) is 6.59. The van der Waals surface area contributed by atoms with E-state index < -0.39 is 0 Å². The van der Waals surface area contributed by atoms with Crippen LogP contribution in [-0.2, 0) is 0 Å². The van der Waals surface area contributed by atoms with Crippen molar-refractivity contribution in [3.8, 4) is 0 Å². The fraction of sp³-hybridized carbons (Fsp3) is 0.538. The monoisotopic (exact) mass is 318 g/mol. The first kappa shape index (κ1) is 13.9. The Kier molecular flexibility index (Phi) is 5.09. The smallest absolute Gasteiger partial charge is 0.137 e. The molecule has 1 aromatic rings. The molecule has 1 aliphatic rings. The molecule has 0 amide bonds. The van der Waals surface area contributed by atoms with Gasteiger partial charge in [0.1, 0.15) is 5.82 Å². The minimum atomic E-state index is -0.358. The second-order valence-corrected chi connectivity index (χ2v) is 5.31. The molecule has 0 bridgehead atoms. The Morgan fingerprint density at radius 2 is 2.06 bits per heavy atom. The van der Waals surface area contributed by atoms with Gasteiger partial charge < -0.3 is 5.32 Å². The van der Waals surface area contributed by atoms with E-state index in [0.29, 0.717) is 10.9 Å². The molecule has 0 saturated carbocycles. The highest BCUT2D eigenvalue weighted by Crippen LogP contribution is 2.28. The number of benzene rings is 1. The van der Waals surface area contributed by atoms with Crippen molar-refractivity contribution in [2.75, 3.05) is 32.9 Å². The molecule has 0 radical (unpaired) electrons. The Hall–Kier alpha value is -0.520. The van der Waals surface area contributed by atoms with Crippen molar-refractivity contribution in [2.24, 2.45) is 0 Å². The lowest BCUT2D eigenvalue weighted by molar-refractivity contribution is 0.157. The van der Waals surface area contributed by atoms with Crippen molar-refractivity contribution in [2.45, 2.75) is 12.5 Å². The van der Waals surface area contributed by atoms with Gasteiger partial charge >= 0.3 is 0 Å². The molecule has 1 fully saturated rings. The zero-order chi connectivity index (χ0) is 13.0. The van der Waals surface area contributed by atoms with Crippen molar-refractivity contribution in [1.82, 2.24) is 10.2 Å². The van der Waals surface area contributed by atoms with Crippen LogP contribution in [0.1, 0.15) is 18.0 Å². The Bertz CT molecular complexity index is 395. The molecular weight excluding hydrogens is 302 g/mol. The van der Waals surface area contributed by atoms with Crippen LogP contribution < -0.4 is 5.32 Å². The maximum atomic E-state index is 13.2. The van der Waals surface area contributed by atoms with Crippen molar-refractivity contribution in [3.63, 3.8) is 0 Å². The molecule has 0 unspecified atom stereocenters. The summed E-state index contributed by atoms with van der Waals surface area (Å²) in [6.07, 6.45) is 0.456. The highest BCUT2D eigenvalue weighted by Gasteiger charge is 2.22. The predicted molar refractivity (Wildman–Crippen MR) is 71.9 cm³/mol. The standard InChI is InChI=1S/C13H17BrF2N2/c14-11-9-10(1-2-12(11)16)13(3-4-15)18-7-5-17-6-8-18/h1-2,9,13,17H,3-8H2/t13-/m0/s1. The van der Waals surface area contributed by atoms with Gasteiger partial charge in [0.05, 0.1) is 11.1 Å². The predicted octanol–water partition coefficient (Wildman–Crippen LogP) is 2.89. The van der Waals surface area contributed by atoms with Crippen LogP contribution in [0.25, 0.3) is 0 Å². The Balaban J connectivity index is 2.19. The zero-order valence-electron chi connectivity index (χ0n) is 10.1. The van der Waals surface area contributed by atoms with Gasteiger partial charge in [-0.2, -0.15) is 0 Å². The van der Waals surface area contributed by atoms with Gasteiger partial charge in [-0.15, -0.1) is 0 Å². The number of rotatable bonds is 4. The molecule has 1 aromatic carbocycles. The van der Waals surface area contributed by atoms with E-state index in [1.807, 2.05) is 0 Å². The normalized spacial score (nSPS) is 18.8. The maximum absolute atomic E-state index is 13.2. The largest absolute Gasteiger partial charge is 0.314 e. The van der Waals surface area contributed by atoms with Crippen LogP contribution in [0, 0.1) is 5.82 Å². The van der Waals surface area contributed by atoms with E-state index in [4.69, 9.17) is 0 Å². The molecule has 1 atom stereocenters. The third kappa shape index (κ3) is 3.28. The van der Waals surface area contributed by atoms with Crippen LogP contribution in [0.5, 0.6) is 0 Å². The summed E-state index contributed by atoms with van der Waals surface area (Å²) in [5, 5.41) is 3.28. The highest BCUT2D eigenvalue weighted by atomic mass is 79.9. The minimum Gasteiger partial charge on any atom is -0.314 e. The molecule has 5 heteroatoms. The van der Waals surface area contributed by atoms with Gasteiger partial charge in [-0.1, -0.05) is 6.07 Å². The molecule has 0 spiro atoms. The molecule has 0 aromatic heterocycles. The fourth-order valence-corrected chi connectivity index (χ4v) is 2.77. The second-order valence-electron chi connectivity index (χ2n) is 4.45. The third-order valence-corrected chi connectivity index (χ3v) is 3.91. The summed E-state index contributed by atoms with van der Waals surface area (Å²) in [5.41, 5.74) is 0.975. The number of piperazine rings is 1.